The first kappa shape index (κ1) is 28.1. The minimum atomic E-state index is -1.72. The van der Waals surface area contributed by atoms with E-state index in [1.165, 1.54) is 18.2 Å². The molecule has 0 bridgehead atoms. The molecule has 1 saturated heterocycles. The van der Waals surface area contributed by atoms with E-state index in [0.29, 0.717) is 18.0 Å². The second-order valence-electron chi connectivity index (χ2n) is 9.98. The van der Waals surface area contributed by atoms with Crippen molar-refractivity contribution in [3.05, 3.63) is 65.2 Å². The molecule has 0 spiro atoms. The highest BCUT2D eigenvalue weighted by atomic mass is 19.1. The number of amides is 3. The van der Waals surface area contributed by atoms with Crippen LogP contribution in [0.15, 0.2) is 48.5 Å². The van der Waals surface area contributed by atoms with Gasteiger partial charge >= 0.3 is 0 Å². The largest absolute Gasteiger partial charge is 0.508 e. The fourth-order valence-corrected chi connectivity index (χ4v) is 4.45. The molecule has 2 aromatic rings. The van der Waals surface area contributed by atoms with Crippen LogP contribution in [0.25, 0.3) is 0 Å². The molecule has 0 aromatic heterocycles. The number of alkyl halides is 1. The van der Waals surface area contributed by atoms with Crippen LogP contribution in [0.3, 0.4) is 0 Å². The maximum atomic E-state index is 14.4. The first-order valence-electron chi connectivity index (χ1n) is 12.6. The van der Waals surface area contributed by atoms with E-state index in [-0.39, 0.29) is 30.7 Å². The highest BCUT2D eigenvalue weighted by Crippen LogP contribution is 2.24. The molecule has 37 heavy (non-hydrogen) atoms. The molecule has 1 aliphatic rings. The highest BCUT2D eigenvalue weighted by molar-refractivity contribution is 5.97. The molecule has 0 aliphatic carbocycles. The average Bonchev–Trinajstić information content (AvgIpc) is 3.26. The van der Waals surface area contributed by atoms with Gasteiger partial charge < -0.3 is 25.7 Å². The minimum Gasteiger partial charge on any atom is -0.508 e. The zero-order valence-corrected chi connectivity index (χ0v) is 21.5. The number of likely N-dealkylation sites (tertiary alicyclic amines) is 1. The van der Waals surface area contributed by atoms with Crippen LogP contribution >= 0.6 is 0 Å². The number of nitrogens with one attached hydrogen (secondary N) is 2. The maximum absolute atomic E-state index is 14.4. The van der Waals surface area contributed by atoms with Crippen molar-refractivity contribution in [2.45, 2.75) is 64.4 Å². The lowest BCUT2D eigenvalue weighted by atomic mass is 9.98. The summed E-state index contributed by atoms with van der Waals surface area (Å²) in [6.45, 7) is 5.72. The standard InChI is InChI=1S/C28H36FN3O5/c1-17(2)12-13-30-27(36)23-15-20(29)16-32(23)28(37)25(34)22(14-19-8-5-4-6-9-19)31-26(35)21-10-7-11-24(33)18(21)3/h4-11,17,20,22-23,25,33-34H,12-16H2,1-3H3,(H,30,36)(H,31,35)/t20-,22+,23+,25+/m1/s1. The highest BCUT2D eigenvalue weighted by Gasteiger charge is 2.43. The van der Waals surface area contributed by atoms with Crippen molar-refractivity contribution in [2.75, 3.05) is 13.1 Å². The first-order chi connectivity index (χ1) is 17.6. The van der Waals surface area contributed by atoms with Gasteiger partial charge in [0.2, 0.25) is 5.91 Å². The van der Waals surface area contributed by atoms with Crippen molar-refractivity contribution in [1.29, 1.82) is 0 Å². The van der Waals surface area contributed by atoms with Gasteiger partial charge in [0.1, 0.15) is 18.0 Å². The van der Waals surface area contributed by atoms with Gasteiger partial charge in [0.15, 0.2) is 6.10 Å². The zero-order valence-electron chi connectivity index (χ0n) is 21.5. The number of nitrogens with zero attached hydrogens (tertiary/aromatic N) is 1. The van der Waals surface area contributed by atoms with E-state index in [9.17, 15) is 29.0 Å². The van der Waals surface area contributed by atoms with Crippen LogP contribution in [0.5, 0.6) is 5.75 Å². The molecule has 0 saturated carbocycles. The van der Waals surface area contributed by atoms with E-state index in [1.807, 2.05) is 19.9 Å². The Morgan fingerprint density at radius 3 is 2.49 bits per heavy atom. The Morgan fingerprint density at radius 1 is 1.11 bits per heavy atom. The fourth-order valence-electron chi connectivity index (χ4n) is 4.45. The van der Waals surface area contributed by atoms with E-state index in [2.05, 4.69) is 10.6 Å². The van der Waals surface area contributed by atoms with Crippen LogP contribution in [0, 0.1) is 12.8 Å². The van der Waals surface area contributed by atoms with Gasteiger partial charge in [0.05, 0.1) is 12.6 Å². The number of aliphatic hydroxyl groups excluding tert-OH is 1. The van der Waals surface area contributed by atoms with Crippen molar-refractivity contribution < 1.29 is 29.0 Å². The normalized spacial score (nSPS) is 18.9. The molecule has 3 amide bonds. The van der Waals surface area contributed by atoms with Crippen molar-refractivity contribution in [1.82, 2.24) is 15.5 Å². The summed E-state index contributed by atoms with van der Waals surface area (Å²) in [5, 5.41) is 26.6. The Morgan fingerprint density at radius 2 is 1.81 bits per heavy atom. The van der Waals surface area contributed by atoms with Crippen LogP contribution in [0.4, 0.5) is 4.39 Å². The van der Waals surface area contributed by atoms with E-state index in [4.69, 9.17) is 0 Å². The minimum absolute atomic E-state index is 0.0544. The van der Waals surface area contributed by atoms with Gasteiger partial charge in [0, 0.05) is 24.1 Å². The molecule has 4 atom stereocenters. The number of benzene rings is 2. The van der Waals surface area contributed by atoms with Crippen molar-refractivity contribution >= 4 is 17.7 Å². The third-order valence-corrected chi connectivity index (χ3v) is 6.66. The lowest BCUT2D eigenvalue weighted by molar-refractivity contribution is -0.146. The first-order valence-corrected chi connectivity index (χ1v) is 12.6. The van der Waals surface area contributed by atoms with Gasteiger partial charge in [-0.1, -0.05) is 50.2 Å². The number of carbonyl (C=O) groups is 3. The second kappa shape index (κ2) is 12.7. The van der Waals surface area contributed by atoms with Crippen molar-refractivity contribution in [2.24, 2.45) is 5.92 Å². The van der Waals surface area contributed by atoms with Crippen LogP contribution in [-0.4, -0.2) is 70.3 Å². The number of rotatable bonds is 10. The lowest BCUT2D eigenvalue weighted by Crippen LogP contribution is -2.56. The number of phenolic OH excluding ortho intramolecular Hbond substituents is 1. The average molecular weight is 514 g/mol. The van der Waals surface area contributed by atoms with Gasteiger partial charge in [0.25, 0.3) is 11.8 Å². The molecule has 9 heteroatoms. The number of hydrogen-bond donors (Lipinski definition) is 4. The lowest BCUT2D eigenvalue weighted by Gasteiger charge is -2.30. The molecule has 0 unspecified atom stereocenters. The van der Waals surface area contributed by atoms with E-state index in [1.54, 1.807) is 31.2 Å². The van der Waals surface area contributed by atoms with Gasteiger partial charge in [-0.2, -0.15) is 0 Å². The summed E-state index contributed by atoms with van der Waals surface area (Å²) in [5.41, 5.74) is 1.32. The Balaban J connectivity index is 1.81. The molecular formula is C28H36FN3O5. The Hall–Kier alpha value is -3.46. The molecule has 4 N–H and O–H groups in total. The topological polar surface area (TPSA) is 119 Å². The third kappa shape index (κ3) is 7.29. The quantitative estimate of drug-likeness (QED) is 0.389. The summed E-state index contributed by atoms with van der Waals surface area (Å²) in [6.07, 6.45) is -2.40. The van der Waals surface area contributed by atoms with Gasteiger partial charge in [-0.15, -0.1) is 0 Å². The second-order valence-corrected chi connectivity index (χ2v) is 9.98. The predicted molar refractivity (Wildman–Crippen MR) is 138 cm³/mol. The number of aliphatic hydroxyl groups is 1. The molecule has 200 valence electrons. The summed E-state index contributed by atoms with van der Waals surface area (Å²) < 4.78 is 14.4. The fraction of sp³-hybridized carbons (Fsp3) is 0.464. The SMILES string of the molecule is Cc1c(O)cccc1C(=O)N[C@@H](Cc1ccccc1)[C@H](O)C(=O)N1C[C@H](F)C[C@H]1C(=O)NCCC(C)C. The van der Waals surface area contributed by atoms with Gasteiger partial charge in [-0.05, 0) is 43.4 Å². The van der Waals surface area contributed by atoms with E-state index < -0.39 is 42.1 Å². The summed E-state index contributed by atoms with van der Waals surface area (Å²) in [7, 11) is 0. The van der Waals surface area contributed by atoms with Crippen LogP contribution in [0.1, 0.15) is 48.2 Å². The number of hydrogen-bond acceptors (Lipinski definition) is 5. The molecule has 2 aromatic carbocycles. The smallest absolute Gasteiger partial charge is 0.254 e. The Bertz CT molecular complexity index is 1090. The third-order valence-electron chi connectivity index (χ3n) is 6.66. The summed E-state index contributed by atoms with van der Waals surface area (Å²) >= 11 is 0. The zero-order chi connectivity index (χ0) is 27.1. The van der Waals surface area contributed by atoms with E-state index in [0.717, 1.165) is 16.9 Å². The molecule has 8 nitrogen and oxygen atoms in total. The summed E-state index contributed by atoms with van der Waals surface area (Å²) in [4.78, 5) is 40.3. The van der Waals surface area contributed by atoms with Crippen LogP contribution in [-0.2, 0) is 16.0 Å². The van der Waals surface area contributed by atoms with Crippen LogP contribution < -0.4 is 10.6 Å². The van der Waals surface area contributed by atoms with Crippen molar-refractivity contribution in [3.63, 3.8) is 0 Å². The molecule has 1 heterocycles. The summed E-state index contributed by atoms with van der Waals surface area (Å²) in [6, 6.07) is 11.4. The molecule has 1 fully saturated rings. The molecule has 1 aliphatic heterocycles. The number of phenols is 1. The van der Waals surface area contributed by atoms with Crippen LogP contribution in [0.2, 0.25) is 0 Å². The Kier molecular flexibility index (Phi) is 9.63. The monoisotopic (exact) mass is 513 g/mol. The molecule has 3 rings (SSSR count). The molecule has 0 radical (unpaired) electrons. The van der Waals surface area contributed by atoms with Crippen molar-refractivity contribution in [3.8, 4) is 5.75 Å². The molecular weight excluding hydrogens is 477 g/mol. The Labute approximate surface area is 216 Å². The number of carbonyl (C=O) groups excluding carboxylic acids is 3. The maximum Gasteiger partial charge on any atom is 0.254 e. The number of aromatic hydroxyl groups is 1. The predicted octanol–water partition coefficient (Wildman–Crippen LogP) is 2.50. The summed E-state index contributed by atoms with van der Waals surface area (Å²) in [5.74, 6) is -1.54. The van der Waals surface area contributed by atoms with Gasteiger partial charge in [-0.3, -0.25) is 14.4 Å². The number of halogens is 1. The van der Waals surface area contributed by atoms with E-state index >= 15 is 0 Å². The van der Waals surface area contributed by atoms with Gasteiger partial charge in [-0.25, -0.2) is 4.39 Å².